The molecule has 0 saturated carbocycles. The second kappa shape index (κ2) is 6.91. The number of sulfonamides is 1. The van der Waals surface area contributed by atoms with Gasteiger partial charge in [0, 0.05) is 19.5 Å². The fourth-order valence-electron chi connectivity index (χ4n) is 2.98. The summed E-state index contributed by atoms with van der Waals surface area (Å²) in [7, 11) is -3.58. The molecule has 0 aliphatic carbocycles. The van der Waals surface area contributed by atoms with Gasteiger partial charge in [-0.1, -0.05) is 19.8 Å². The molecule has 7 heteroatoms. The van der Waals surface area contributed by atoms with E-state index in [0.717, 1.165) is 25.7 Å². The second-order valence-electron chi connectivity index (χ2n) is 5.87. The topological polar surface area (TPSA) is 72.3 Å². The van der Waals surface area contributed by atoms with E-state index in [-0.39, 0.29) is 10.8 Å². The quantitative estimate of drug-likeness (QED) is 0.852. The Hall–Kier alpha value is -1.21. The summed E-state index contributed by atoms with van der Waals surface area (Å²) in [4.78, 5) is 12.3. The lowest BCUT2D eigenvalue weighted by Gasteiger charge is -2.20. The van der Waals surface area contributed by atoms with Gasteiger partial charge in [-0.25, -0.2) is 13.1 Å². The second-order valence-corrected chi connectivity index (χ2v) is 7.75. The molecule has 1 aliphatic rings. The minimum Gasteiger partial charge on any atom is -0.273 e. The molecule has 2 heterocycles. The molecule has 124 valence electrons. The number of aromatic nitrogens is 2. The lowest BCUT2D eigenvalue weighted by atomic mass is 10.2. The fraction of sp³-hybridized carbons (Fsp3) is 0.733. The zero-order valence-electron chi connectivity index (χ0n) is 13.6. The molecule has 0 bridgehead atoms. The van der Waals surface area contributed by atoms with Crippen LogP contribution in [0.1, 0.15) is 61.6 Å². The van der Waals surface area contributed by atoms with Crippen molar-refractivity contribution >= 4 is 15.9 Å². The third-order valence-corrected chi connectivity index (χ3v) is 6.24. The van der Waals surface area contributed by atoms with E-state index >= 15 is 0 Å². The first kappa shape index (κ1) is 17.1. The summed E-state index contributed by atoms with van der Waals surface area (Å²) in [5, 5.41) is 4.17. The van der Waals surface area contributed by atoms with E-state index in [1.165, 1.54) is 4.68 Å². The monoisotopic (exact) mass is 327 g/mol. The summed E-state index contributed by atoms with van der Waals surface area (Å²) in [5.74, 6) is -0.152. The number of aryl methyl sites for hydroxylation is 1. The van der Waals surface area contributed by atoms with Crippen LogP contribution in [-0.2, 0) is 10.0 Å². The summed E-state index contributed by atoms with van der Waals surface area (Å²) in [6.45, 7) is 6.34. The minimum atomic E-state index is -3.58. The van der Waals surface area contributed by atoms with Gasteiger partial charge >= 0.3 is 0 Å². The highest BCUT2D eigenvalue weighted by Gasteiger charge is 2.32. The Labute approximate surface area is 132 Å². The average Bonchev–Trinajstić information content (AvgIpc) is 2.66. The molecule has 1 aromatic heterocycles. The van der Waals surface area contributed by atoms with Gasteiger partial charge in [0.25, 0.3) is 0 Å². The maximum Gasteiger partial charge on any atom is 0.247 e. The van der Waals surface area contributed by atoms with Crippen LogP contribution < -0.4 is 0 Å². The Kier molecular flexibility index (Phi) is 5.39. The van der Waals surface area contributed by atoms with Gasteiger partial charge in [0.1, 0.15) is 4.90 Å². The number of hydrogen-bond acceptors (Lipinski definition) is 4. The SMILES string of the molecule is CCCC(=O)n1nc(C)c(S(=O)(=O)N2CCCCCC2)c1C. The molecule has 0 radical (unpaired) electrons. The summed E-state index contributed by atoms with van der Waals surface area (Å²) in [6.07, 6.45) is 4.99. The number of nitrogens with zero attached hydrogens (tertiary/aromatic N) is 3. The van der Waals surface area contributed by atoms with Crippen molar-refractivity contribution in [1.29, 1.82) is 0 Å². The van der Waals surface area contributed by atoms with Crippen LogP contribution in [0.25, 0.3) is 0 Å². The van der Waals surface area contributed by atoms with E-state index < -0.39 is 10.0 Å². The highest BCUT2D eigenvalue weighted by molar-refractivity contribution is 7.89. The predicted octanol–water partition coefficient (Wildman–Crippen LogP) is 2.50. The third-order valence-electron chi connectivity index (χ3n) is 4.09. The lowest BCUT2D eigenvalue weighted by Crippen LogP contribution is -2.32. The Morgan fingerprint density at radius 3 is 2.27 bits per heavy atom. The molecule has 1 aliphatic heterocycles. The van der Waals surface area contributed by atoms with Crippen molar-refractivity contribution < 1.29 is 13.2 Å². The number of rotatable bonds is 4. The van der Waals surface area contributed by atoms with Gasteiger partial charge in [0.05, 0.1) is 11.4 Å². The molecule has 1 aromatic rings. The van der Waals surface area contributed by atoms with E-state index in [4.69, 9.17) is 0 Å². The molecular weight excluding hydrogens is 302 g/mol. The molecule has 6 nitrogen and oxygen atoms in total. The summed E-state index contributed by atoms with van der Waals surface area (Å²) < 4.78 is 28.7. The van der Waals surface area contributed by atoms with Gasteiger partial charge in [0.2, 0.25) is 15.9 Å². The van der Waals surface area contributed by atoms with Gasteiger partial charge in [-0.05, 0) is 33.1 Å². The lowest BCUT2D eigenvalue weighted by molar-refractivity contribution is 0.0882. The molecule has 2 rings (SSSR count). The third kappa shape index (κ3) is 3.25. The van der Waals surface area contributed by atoms with Crippen LogP contribution in [-0.4, -0.2) is 41.5 Å². The van der Waals surface area contributed by atoms with Gasteiger partial charge in [-0.3, -0.25) is 4.79 Å². The van der Waals surface area contributed by atoms with Crippen molar-refractivity contribution in [2.24, 2.45) is 0 Å². The maximum absolute atomic E-state index is 12.9. The van der Waals surface area contributed by atoms with E-state index in [1.807, 2.05) is 6.92 Å². The molecule has 0 aromatic carbocycles. The van der Waals surface area contributed by atoms with Crippen LogP contribution in [0.2, 0.25) is 0 Å². The summed E-state index contributed by atoms with van der Waals surface area (Å²) in [5.41, 5.74) is 0.839. The van der Waals surface area contributed by atoms with Crippen LogP contribution in [0, 0.1) is 13.8 Å². The predicted molar refractivity (Wildman–Crippen MR) is 84.5 cm³/mol. The fourth-order valence-corrected chi connectivity index (χ4v) is 4.85. The molecule has 0 unspecified atom stereocenters. The van der Waals surface area contributed by atoms with Gasteiger partial charge in [-0.2, -0.15) is 9.40 Å². The summed E-state index contributed by atoms with van der Waals surface area (Å²) in [6, 6.07) is 0. The Bertz CT molecular complexity index is 641. The zero-order chi connectivity index (χ0) is 16.3. The number of hydrogen-bond donors (Lipinski definition) is 0. The van der Waals surface area contributed by atoms with E-state index in [9.17, 15) is 13.2 Å². The van der Waals surface area contributed by atoms with Crippen LogP contribution in [0.3, 0.4) is 0 Å². The van der Waals surface area contributed by atoms with Crippen LogP contribution >= 0.6 is 0 Å². The van der Waals surface area contributed by atoms with E-state index in [0.29, 0.717) is 37.3 Å². The molecule has 22 heavy (non-hydrogen) atoms. The first-order valence-electron chi connectivity index (χ1n) is 7.99. The van der Waals surface area contributed by atoms with Crippen molar-refractivity contribution in [1.82, 2.24) is 14.1 Å². The molecule has 1 fully saturated rings. The Morgan fingerprint density at radius 1 is 1.14 bits per heavy atom. The standard InChI is InChI=1S/C15H25N3O3S/c1-4-9-14(19)18-13(3)15(12(2)16-18)22(20,21)17-10-7-5-6-8-11-17/h4-11H2,1-3H3. The molecule has 0 N–H and O–H groups in total. The number of carbonyl (C=O) groups excluding carboxylic acids is 1. The molecule has 0 amide bonds. The zero-order valence-corrected chi connectivity index (χ0v) is 14.4. The molecule has 1 saturated heterocycles. The highest BCUT2D eigenvalue weighted by Crippen LogP contribution is 2.26. The highest BCUT2D eigenvalue weighted by atomic mass is 32.2. The van der Waals surface area contributed by atoms with E-state index in [2.05, 4.69) is 5.10 Å². The molecular formula is C15H25N3O3S. The normalized spacial score (nSPS) is 17.4. The first-order chi connectivity index (χ1) is 10.4. The van der Waals surface area contributed by atoms with Crippen LogP contribution in [0.5, 0.6) is 0 Å². The largest absolute Gasteiger partial charge is 0.273 e. The van der Waals surface area contributed by atoms with Crippen LogP contribution in [0.4, 0.5) is 0 Å². The summed E-state index contributed by atoms with van der Waals surface area (Å²) >= 11 is 0. The van der Waals surface area contributed by atoms with E-state index in [1.54, 1.807) is 18.2 Å². The Morgan fingerprint density at radius 2 is 1.73 bits per heavy atom. The van der Waals surface area contributed by atoms with Crippen molar-refractivity contribution in [2.45, 2.75) is 64.2 Å². The van der Waals surface area contributed by atoms with Gasteiger partial charge in [-0.15, -0.1) is 0 Å². The Balaban J connectivity index is 2.40. The average molecular weight is 327 g/mol. The number of carbonyl (C=O) groups is 1. The van der Waals surface area contributed by atoms with Gasteiger partial charge < -0.3 is 0 Å². The van der Waals surface area contributed by atoms with Crippen molar-refractivity contribution in [3.05, 3.63) is 11.4 Å². The first-order valence-corrected chi connectivity index (χ1v) is 9.43. The minimum absolute atomic E-state index is 0.152. The van der Waals surface area contributed by atoms with Gasteiger partial charge in [0.15, 0.2) is 0 Å². The molecule has 0 atom stereocenters. The molecule has 0 spiro atoms. The van der Waals surface area contributed by atoms with Crippen molar-refractivity contribution in [2.75, 3.05) is 13.1 Å². The van der Waals surface area contributed by atoms with Crippen molar-refractivity contribution in [3.8, 4) is 0 Å². The van der Waals surface area contributed by atoms with Crippen molar-refractivity contribution in [3.63, 3.8) is 0 Å². The smallest absolute Gasteiger partial charge is 0.247 e. The maximum atomic E-state index is 12.9. The van der Waals surface area contributed by atoms with Crippen LogP contribution in [0.15, 0.2) is 4.90 Å².